The normalized spacial score (nSPS) is 11.7. The third kappa shape index (κ3) is 8.33. The summed E-state index contributed by atoms with van der Waals surface area (Å²) in [5.41, 5.74) is 0.516. The lowest BCUT2D eigenvalue weighted by Gasteiger charge is -2.19. The first-order valence-corrected chi connectivity index (χ1v) is 13.8. The van der Waals surface area contributed by atoms with Crippen LogP contribution in [0, 0.1) is 0 Å². The van der Waals surface area contributed by atoms with Gasteiger partial charge in [-0.05, 0) is 60.0 Å². The Bertz CT molecular complexity index is 1690. The molecule has 0 saturated carbocycles. The summed E-state index contributed by atoms with van der Waals surface area (Å²) >= 11 is 6.11. The highest BCUT2D eigenvalue weighted by Gasteiger charge is 2.33. The summed E-state index contributed by atoms with van der Waals surface area (Å²) in [7, 11) is 1.24. The average molecular weight is 651 g/mol. The number of halogens is 7. The summed E-state index contributed by atoms with van der Waals surface area (Å²) < 4.78 is 85.6. The van der Waals surface area contributed by atoms with Gasteiger partial charge in [0.1, 0.15) is 11.4 Å². The van der Waals surface area contributed by atoms with Crippen molar-refractivity contribution in [2.75, 3.05) is 12.4 Å². The molecular weight excluding hydrogens is 626 g/mol. The summed E-state index contributed by atoms with van der Waals surface area (Å²) in [5, 5.41) is 11.8. The molecule has 0 unspecified atom stereocenters. The van der Waals surface area contributed by atoms with Crippen LogP contribution in [0.15, 0.2) is 72.9 Å². The Labute approximate surface area is 258 Å². The number of hydrogen-bond acceptors (Lipinski definition) is 5. The maximum absolute atomic E-state index is 13.8. The zero-order valence-corrected chi connectivity index (χ0v) is 24.3. The van der Waals surface area contributed by atoms with E-state index in [2.05, 4.69) is 10.3 Å². The fourth-order valence-electron chi connectivity index (χ4n) is 4.56. The fourth-order valence-corrected chi connectivity index (χ4v) is 4.85. The second-order valence-corrected chi connectivity index (χ2v) is 10.3. The van der Waals surface area contributed by atoms with E-state index in [0.29, 0.717) is 22.4 Å². The molecule has 0 atom stereocenters. The Kier molecular flexibility index (Phi) is 10.1. The summed E-state index contributed by atoms with van der Waals surface area (Å²) in [6.45, 7) is 0.00684. The van der Waals surface area contributed by atoms with Gasteiger partial charge < -0.3 is 15.2 Å². The quantitative estimate of drug-likeness (QED) is 0.124. The van der Waals surface area contributed by atoms with Gasteiger partial charge in [-0.15, -0.1) is 0 Å². The number of ketones is 1. The maximum atomic E-state index is 13.8. The lowest BCUT2D eigenvalue weighted by molar-refractivity contribution is -0.138. The van der Waals surface area contributed by atoms with Gasteiger partial charge in [0.2, 0.25) is 0 Å². The Balaban J connectivity index is 1.60. The van der Waals surface area contributed by atoms with E-state index >= 15 is 0 Å². The van der Waals surface area contributed by atoms with Crippen LogP contribution >= 0.6 is 11.6 Å². The highest BCUT2D eigenvalue weighted by Crippen LogP contribution is 2.40. The third-order valence-corrected chi connectivity index (χ3v) is 7.19. The Morgan fingerprint density at radius 1 is 0.844 bits per heavy atom. The maximum Gasteiger partial charge on any atom is 0.416 e. The summed E-state index contributed by atoms with van der Waals surface area (Å²) in [6, 6.07) is 14.3. The number of carbonyl (C=O) groups is 2. The topological polar surface area (TPSA) is 88.5 Å². The van der Waals surface area contributed by atoms with E-state index in [1.807, 2.05) is 0 Å². The van der Waals surface area contributed by atoms with Crippen LogP contribution in [0.2, 0.25) is 5.02 Å². The van der Waals surface area contributed by atoms with Crippen molar-refractivity contribution >= 4 is 29.0 Å². The van der Waals surface area contributed by atoms with Crippen LogP contribution in [0.1, 0.15) is 46.4 Å². The van der Waals surface area contributed by atoms with E-state index in [-0.39, 0.29) is 53.4 Å². The number of nitrogens with one attached hydrogen (secondary N) is 1. The zero-order chi connectivity index (χ0) is 32.9. The van der Waals surface area contributed by atoms with Crippen LogP contribution < -0.4 is 10.1 Å². The first-order valence-electron chi connectivity index (χ1n) is 13.4. The summed E-state index contributed by atoms with van der Waals surface area (Å²) in [4.78, 5) is 27.2. The number of anilines is 1. The largest absolute Gasteiger partial charge is 0.496 e. The van der Waals surface area contributed by atoms with E-state index in [9.17, 15) is 35.9 Å². The van der Waals surface area contributed by atoms with Crippen LogP contribution in [0.5, 0.6) is 5.75 Å². The second-order valence-electron chi connectivity index (χ2n) is 9.93. The number of rotatable bonds is 11. The molecule has 13 heteroatoms. The number of benzene rings is 3. The number of aliphatic carboxylic acids is 1. The molecule has 6 nitrogen and oxygen atoms in total. The van der Waals surface area contributed by atoms with E-state index in [1.165, 1.54) is 31.5 Å². The van der Waals surface area contributed by atoms with Crippen molar-refractivity contribution in [1.29, 1.82) is 0 Å². The Hall–Kier alpha value is -4.58. The predicted octanol–water partition coefficient (Wildman–Crippen LogP) is 9.16. The molecule has 0 spiro atoms. The van der Waals surface area contributed by atoms with Gasteiger partial charge in [-0.25, -0.2) is 0 Å². The van der Waals surface area contributed by atoms with Crippen LogP contribution in [-0.4, -0.2) is 29.0 Å². The minimum atomic E-state index is -4.68. The molecule has 1 heterocycles. The number of methoxy groups -OCH3 is 1. The van der Waals surface area contributed by atoms with Gasteiger partial charge in [0.25, 0.3) is 0 Å². The number of aromatic nitrogens is 1. The SMILES string of the molecule is COc1cc(C(F)(F)F)cc(-c2ccc(C(=O)CCCC(=O)O)nc2)c1CNc1ccc(-c2ccc(C(F)(F)F)cc2Cl)cc1. The molecular formula is C32H25ClF6N2O4. The van der Waals surface area contributed by atoms with Crippen molar-refractivity contribution in [3.05, 3.63) is 100 Å². The number of nitrogens with zero attached hydrogens (tertiary/aromatic N) is 1. The molecule has 1 aromatic heterocycles. The molecule has 0 aliphatic heterocycles. The van der Waals surface area contributed by atoms with Gasteiger partial charge in [0.15, 0.2) is 5.78 Å². The number of ether oxygens (including phenoxy) is 1. The van der Waals surface area contributed by atoms with Crippen LogP contribution in [0.4, 0.5) is 32.0 Å². The van der Waals surface area contributed by atoms with Gasteiger partial charge in [-0.1, -0.05) is 35.9 Å². The van der Waals surface area contributed by atoms with E-state index in [1.54, 1.807) is 24.3 Å². The number of carbonyl (C=O) groups excluding carboxylic acids is 1. The third-order valence-electron chi connectivity index (χ3n) is 6.87. The smallest absolute Gasteiger partial charge is 0.416 e. The molecule has 3 aromatic carbocycles. The lowest BCUT2D eigenvalue weighted by Crippen LogP contribution is -2.10. The number of pyridine rings is 1. The van der Waals surface area contributed by atoms with Crippen LogP contribution in [-0.2, 0) is 23.7 Å². The molecule has 4 aromatic rings. The molecule has 0 radical (unpaired) electrons. The van der Waals surface area contributed by atoms with Crippen molar-refractivity contribution in [2.45, 2.75) is 38.2 Å². The number of alkyl halides is 6. The molecule has 0 saturated heterocycles. The summed E-state index contributed by atoms with van der Waals surface area (Å²) in [5.74, 6) is -1.48. The number of Topliss-reactive ketones (excluding diaryl/α,β-unsaturated/α-hetero) is 1. The Morgan fingerprint density at radius 2 is 1.51 bits per heavy atom. The molecule has 0 aliphatic carbocycles. The highest BCUT2D eigenvalue weighted by atomic mass is 35.5. The first-order chi connectivity index (χ1) is 21.2. The van der Waals surface area contributed by atoms with Gasteiger partial charge in [0, 0.05) is 53.0 Å². The van der Waals surface area contributed by atoms with Gasteiger partial charge in [-0.3, -0.25) is 14.6 Å². The van der Waals surface area contributed by atoms with Crippen molar-refractivity contribution in [2.24, 2.45) is 0 Å². The lowest BCUT2D eigenvalue weighted by atomic mass is 9.96. The number of carboxylic acids is 1. The predicted molar refractivity (Wildman–Crippen MR) is 156 cm³/mol. The monoisotopic (exact) mass is 650 g/mol. The van der Waals surface area contributed by atoms with Gasteiger partial charge in [-0.2, -0.15) is 26.3 Å². The van der Waals surface area contributed by atoms with Gasteiger partial charge >= 0.3 is 18.3 Å². The van der Waals surface area contributed by atoms with E-state index < -0.39 is 35.2 Å². The molecule has 0 bridgehead atoms. The zero-order valence-electron chi connectivity index (χ0n) is 23.5. The molecule has 0 amide bonds. The standard InChI is InChI=1S/C32H25ClF6N2O4/c1-45-29-15-21(32(37,38)39)13-24(19-7-12-27(41-16-19)28(42)3-2-4-30(43)44)25(29)17-40-22-9-5-18(6-10-22)23-11-8-20(14-26(23)33)31(34,35)36/h5-16,40H,2-4,17H2,1H3,(H,43,44). The van der Waals surface area contributed by atoms with Gasteiger partial charge in [0.05, 0.1) is 18.2 Å². The van der Waals surface area contributed by atoms with E-state index in [4.69, 9.17) is 21.4 Å². The molecule has 236 valence electrons. The second kappa shape index (κ2) is 13.6. The highest BCUT2D eigenvalue weighted by molar-refractivity contribution is 6.33. The molecule has 4 rings (SSSR count). The molecule has 2 N–H and O–H groups in total. The minimum absolute atomic E-state index is 0.00684. The van der Waals surface area contributed by atoms with Crippen molar-refractivity contribution in [1.82, 2.24) is 4.98 Å². The van der Waals surface area contributed by atoms with Crippen LogP contribution in [0.3, 0.4) is 0 Å². The van der Waals surface area contributed by atoms with Crippen LogP contribution in [0.25, 0.3) is 22.3 Å². The van der Waals surface area contributed by atoms with E-state index in [0.717, 1.165) is 24.3 Å². The Morgan fingerprint density at radius 3 is 2.07 bits per heavy atom. The minimum Gasteiger partial charge on any atom is -0.496 e. The van der Waals surface area contributed by atoms with Crippen molar-refractivity contribution < 1.29 is 45.8 Å². The molecule has 45 heavy (non-hydrogen) atoms. The molecule has 0 fully saturated rings. The molecule has 0 aliphatic rings. The first kappa shape index (κ1) is 33.3. The van der Waals surface area contributed by atoms with Crippen molar-refractivity contribution in [3.8, 4) is 28.0 Å². The number of hydrogen-bond donors (Lipinski definition) is 2. The van der Waals surface area contributed by atoms with Crippen molar-refractivity contribution in [3.63, 3.8) is 0 Å². The number of carboxylic acid groups (broad SMARTS) is 1. The fraction of sp³-hybridized carbons (Fsp3) is 0.219. The summed E-state index contributed by atoms with van der Waals surface area (Å²) in [6.07, 6.45) is -8.06. The average Bonchev–Trinajstić information content (AvgIpc) is 2.99.